The molecule has 0 saturated heterocycles. The molecule has 0 fully saturated rings. The minimum Gasteiger partial charge on any atom is -0.250 e. The van der Waals surface area contributed by atoms with E-state index in [1.165, 1.54) is 29.5 Å². The topological polar surface area (TPSA) is 43.6 Å². The van der Waals surface area contributed by atoms with E-state index >= 15 is 0 Å². The average molecular weight is 275 g/mol. The summed E-state index contributed by atoms with van der Waals surface area (Å²) in [6.45, 7) is 0. The van der Waals surface area contributed by atoms with Gasteiger partial charge >= 0.3 is 0 Å². The van der Waals surface area contributed by atoms with Crippen LogP contribution in [0.25, 0.3) is 5.82 Å². The lowest BCUT2D eigenvalue weighted by molar-refractivity contribution is 0.145. The molecule has 0 atom stereocenters. The van der Waals surface area contributed by atoms with Gasteiger partial charge in [-0.15, -0.1) is 0 Å². The van der Waals surface area contributed by atoms with Gasteiger partial charge in [0.1, 0.15) is 0 Å². The largest absolute Gasteiger partial charge is 0.284 e. The Balaban J connectivity index is 2.52. The van der Waals surface area contributed by atoms with Crippen LogP contribution in [0.3, 0.4) is 0 Å². The molecule has 0 bridgehead atoms. The van der Waals surface area contributed by atoms with Gasteiger partial charge < -0.3 is 0 Å². The van der Waals surface area contributed by atoms with Crippen molar-refractivity contribution < 1.29 is 8.78 Å². The number of halogens is 3. The fourth-order valence-corrected chi connectivity index (χ4v) is 1.37. The van der Waals surface area contributed by atoms with Crippen molar-refractivity contribution in [2.75, 3.05) is 0 Å². The summed E-state index contributed by atoms with van der Waals surface area (Å²) in [5.74, 6) is 0.0400. The van der Waals surface area contributed by atoms with Crippen LogP contribution in [0.1, 0.15) is 12.1 Å². The monoisotopic (exact) mass is 274 g/mol. The number of nitrogens with zero attached hydrogens (tertiary/aromatic N) is 4. The molecule has 0 saturated carbocycles. The van der Waals surface area contributed by atoms with E-state index in [2.05, 4.69) is 31.0 Å². The second-order valence-electron chi connectivity index (χ2n) is 2.67. The third-order valence-electron chi connectivity index (χ3n) is 1.68. The highest BCUT2D eigenvalue weighted by Crippen LogP contribution is 2.21. The maximum Gasteiger partial charge on any atom is 0.284 e. The van der Waals surface area contributed by atoms with Crippen LogP contribution in [0, 0.1) is 0 Å². The van der Waals surface area contributed by atoms with Gasteiger partial charge in [-0.1, -0.05) is 0 Å². The van der Waals surface area contributed by atoms with E-state index in [4.69, 9.17) is 0 Å². The molecule has 2 heterocycles. The van der Waals surface area contributed by atoms with E-state index in [1.54, 1.807) is 0 Å². The number of alkyl halides is 2. The molecule has 7 heteroatoms. The number of hydrogen-bond acceptors (Lipinski definition) is 3. The number of rotatable bonds is 2. The summed E-state index contributed by atoms with van der Waals surface area (Å²) >= 11 is 3.17. The molecule has 78 valence electrons. The predicted octanol–water partition coefficient (Wildman–Crippen LogP) is 2.36. The Labute approximate surface area is 92.1 Å². The maximum absolute atomic E-state index is 12.6. The molecule has 0 radical (unpaired) electrons. The highest BCUT2D eigenvalue weighted by molar-refractivity contribution is 9.10. The first-order valence-electron chi connectivity index (χ1n) is 3.98. The zero-order valence-electron chi connectivity index (χ0n) is 7.31. The molecule has 0 amide bonds. The van der Waals surface area contributed by atoms with Crippen molar-refractivity contribution in [1.29, 1.82) is 0 Å². The smallest absolute Gasteiger partial charge is 0.250 e. The van der Waals surface area contributed by atoms with Crippen LogP contribution in [0.2, 0.25) is 0 Å². The summed E-state index contributed by atoms with van der Waals surface area (Å²) < 4.78 is 27.1. The van der Waals surface area contributed by atoms with Crippen molar-refractivity contribution in [2.24, 2.45) is 0 Å². The Morgan fingerprint density at radius 1 is 1.27 bits per heavy atom. The van der Waals surface area contributed by atoms with Crippen molar-refractivity contribution in [3.8, 4) is 5.82 Å². The van der Waals surface area contributed by atoms with Crippen LogP contribution >= 0.6 is 15.9 Å². The van der Waals surface area contributed by atoms with Gasteiger partial charge in [-0.2, -0.15) is 5.10 Å². The molecule has 0 spiro atoms. The van der Waals surface area contributed by atoms with Gasteiger partial charge in [0.2, 0.25) is 0 Å². The maximum atomic E-state index is 12.6. The molecule has 2 aromatic heterocycles. The first-order valence-corrected chi connectivity index (χ1v) is 4.77. The van der Waals surface area contributed by atoms with Crippen LogP contribution in [0.4, 0.5) is 8.78 Å². The summed E-state index contributed by atoms with van der Waals surface area (Å²) in [7, 11) is 0. The van der Waals surface area contributed by atoms with E-state index in [9.17, 15) is 8.78 Å². The number of aromatic nitrogens is 4. The lowest BCUT2D eigenvalue weighted by atomic mass is 10.4. The van der Waals surface area contributed by atoms with Gasteiger partial charge in [0, 0.05) is 18.6 Å². The van der Waals surface area contributed by atoms with Crippen LogP contribution in [0.5, 0.6) is 0 Å². The van der Waals surface area contributed by atoms with E-state index < -0.39 is 6.43 Å². The first-order chi connectivity index (χ1) is 7.18. The molecule has 0 aliphatic rings. The quantitative estimate of drug-likeness (QED) is 0.845. The molecule has 2 aromatic rings. The fourth-order valence-electron chi connectivity index (χ4n) is 1.09. The lowest BCUT2D eigenvalue weighted by Gasteiger charge is -2.05. The van der Waals surface area contributed by atoms with Gasteiger partial charge in [-0.05, 0) is 15.9 Å². The summed E-state index contributed by atoms with van der Waals surface area (Å²) in [6, 6.07) is 0. The summed E-state index contributed by atoms with van der Waals surface area (Å²) in [4.78, 5) is 7.40. The summed E-state index contributed by atoms with van der Waals surface area (Å²) in [5.41, 5.74) is -0.381. The van der Waals surface area contributed by atoms with E-state index in [-0.39, 0.29) is 11.5 Å². The lowest BCUT2D eigenvalue weighted by Crippen LogP contribution is -2.05. The van der Waals surface area contributed by atoms with Gasteiger partial charge in [0.15, 0.2) is 11.5 Å². The molecule has 15 heavy (non-hydrogen) atoms. The molecule has 0 N–H and O–H groups in total. The van der Waals surface area contributed by atoms with Gasteiger partial charge in [-0.3, -0.25) is 0 Å². The van der Waals surface area contributed by atoms with Crippen molar-refractivity contribution in [1.82, 2.24) is 19.7 Å². The highest BCUT2D eigenvalue weighted by atomic mass is 79.9. The van der Waals surface area contributed by atoms with Crippen molar-refractivity contribution >= 4 is 15.9 Å². The molecule has 0 aliphatic carbocycles. The second-order valence-corrected chi connectivity index (χ2v) is 3.58. The minimum atomic E-state index is -2.67. The SMILES string of the molecule is FC(F)c1nccnc1-n1cc(Br)cn1. The Kier molecular flexibility index (Phi) is 2.72. The van der Waals surface area contributed by atoms with Gasteiger partial charge in [0.05, 0.1) is 10.7 Å². The standard InChI is InChI=1S/C8H5BrF2N4/c9-5-3-14-15(4-5)8-6(7(10)11)12-1-2-13-8/h1-4,7H. The van der Waals surface area contributed by atoms with Crippen molar-refractivity contribution in [3.05, 3.63) is 35.0 Å². The van der Waals surface area contributed by atoms with Crippen LogP contribution in [-0.4, -0.2) is 19.7 Å². The normalized spacial score (nSPS) is 10.9. The molecular formula is C8H5BrF2N4. The fraction of sp³-hybridized carbons (Fsp3) is 0.125. The van der Waals surface area contributed by atoms with Crippen LogP contribution in [0.15, 0.2) is 29.3 Å². The highest BCUT2D eigenvalue weighted by Gasteiger charge is 2.17. The zero-order valence-corrected chi connectivity index (χ0v) is 8.90. The molecule has 0 aromatic carbocycles. The zero-order chi connectivity index (χ0) is 10.8. The van der Waals surface area contributed by atoms with Crippen LogP contribution < -0.4 is 0 Å². The Bertz CT molecular complexity index is 471. The minimum absolute atomic E-state index is 0.0400. The third-order valence-corrected chi connectivity index (χ3v) is 2.09. The van der Waals surface area contributed by atoms with Crippen molar-refractivity contribution in [3.63, 3.8) is 0 Å². The molecular weight excluding hydrogens is 270 g/mol. The first kappa shape index (κ1) is 10.2. The average Bonchev–Trinajstić information content (AvgIpc) is 2.65. The number of hydrogen-bond donors (Lipinski definition) is 0. The van der Waals surface area contributed by atoms with E-state index in [0.29, 0.717) is 4.47 Å². The molecule has 0 unspecified atom stereocenters. The van der Waals surface area contributed by atoms with Crippen molar-refractivity contribution in [2.45, 2.75) is 6.43 Å². The van der Waals surface area contributed by atoms with Crippen LogP contribution in [-0.2, 0) is 0 Å². The van der Waals surface area contributed by atoms with E-state index in [1.807, 2.05) is 0 Å². The Hall–Kier alpha value is -1.37. The summed E-state index contributed by atoms with van der Waals surface area (Å²) in [5, 5.41) is 3.86. The third kappa shape index (κ3) is 2.01. The predicted molar refractivity (Wildman–Crippen MR) is 51.8 cm³/mol. The molecule has 2 rings (SSSR count). The Morgan fingerprint density at radius 3 is 2.60 bits per heavy atom. The van der Waals surface area contributed by atoms with Gasteiger partial charge in [0.25, 0.3) is 6.43 Å². The van der Waals surface area contributed by atoms with E-state index in [0.717, 1.165) is 0 Å². The molecule has 4 nitrogen and oxygen atoms in total. The Morgan fingerprint density at radius 2 is 2.00 bits per heavy atom. The second kappa shape index (κ2) is 4.01. The molecule has 0 aliphatic heterocycles. The van der Waals surface area contributed by atoms with Gasteiger partial charge in [-0.25, -0.2) is 23.4 Å². The summed E-state index contributed by atoms with van der Waals surface area (Å²) in [6.07, 6.45) is 2.93.